The number of para-hydroxylation sites is 4. The van der Waals surface area contributed by atoms with E-state index < -0.39 is 8.07 Å². The maximum atomic E-state index is 2.69. The number of fused-ring (bicyclic) bond motifs is 9. The highest BCUT2D eigenvalue weighted by molar-refractivity contribution is 7.21. The van der Waals surface area contributed by atoms with Gasteiger partial charge in [0.25, 0.3) is 0 Å². The minimum atomic E-state index is -2.82. The summed E-state index contributed by atoms with van der Waals surface area (Å²) in [6.07, 6.45) is 0. The van der Waals surface area contributed by atoms with Crippen LogP contribution in [0.15, 0.2) is 170 Å². The van der Waals surface area contributed by atoms with E-state index in [1.54, 1.807) is 0 Å². The van der Waals surface area contributed by atoms with Gasteiger partial charge in [-0.05, 0) is 105 Å². The van der Waals surface area contributed by atoms with Crippen LogP contribution >= 0.6 is 0 Å². The fraction of sp³-hybridized carbons (Fsp3) is 0.0588. The molecule has 0 fully saturated rings. The molecule has 0 saturated heterocycles. The monoisotopic (exact) mass is 716 g/mol. The van der Waals surface area contributed by atoms with E-state index in [0.29, 0.717) is 0 Å². The maximum absolute atomic E-state index is 2.82. The van der Waals surface area contributed by atoms with Crippen LogP contribution in [-0.4, -0.2) is 19.4 Å². The van der Waals surface area contributed by atoms with Crippen molar-refractivity contribution >= 4 is 85.5 Å². The molecule has 9 aromatic rings. The van der Waals surface area contributed by atoms with Gasteiger partial charge >= 0.3 is 6.85 Å². The summed E-state index contributed by atoms with van der Waals surface area (Å²) < 4.78 is 2.69. The maximum Gasteiger partial charge on any atom is 0.333 e. The molecule has 55 heavy (non-hydrogen) atoms. The Morgan fingerprint density at radius 3 is 1.91 bits per heavy atom. The fourth-order valence-corrected chi connectivity index (χ4v) is 16.2. The molecule has 4 heterocycles. The first-order valence-corrected chi connectivity index (χ1v) is 21.5. The van der Waals surface area contributed by atoms with E-state index in [4.69, 9.17) is 0 Å². The van der Waals surface area contributed by atoms with Crippen LogP contribution in [0.1, 0.15) is 16.7 Å². The molecule has 0 radical (unpaired) electrons. The van der Waals surface area contributed by atoms with Crippen molar-refractivity contribution in [2.75, 3.05) is 4.90 Å². The molecule has 0 aliphatic carbocycles. The lowest BCUT2D eigenvalue weighted by atomic mass is 9.45. The lowest BCUT2D eigenvalue weighted by molar-refractivity contribution is 1.25. The summed E-state index contributed by atoms with van der Waals surface area (Å²) in [7, 11) is -2.82. The third-order valence-electron chi connectivity index (χ3n) is 12.9. The second-order valence-electron chi connectivity index (χ2n) is 15.8. The summed E-state index contributed by atoms with van der Waals surface area (Å²) >= 11 is 0. The van der Waals surface area contributed by atoms with Crippen molar-refractivity contribution in [1.82, 2.24) is 4.48 Å². The number of hydrogen-bond acceptors (Lipinski definition) is 1. The van der Waals surface area contributed by atoms with E-state index >= 15 is 0 Å². The molecule has 0 spiro atoms. The van der Waals surface area contributed by atoms with E-state index in [1.165, 1.54) is 109 Å². The molecular weight excluding hydrogens is 679 g/mol. The predicted molar refractivity (Wildman–Crippen MR) is 237 cm³/mol. The van der Waals surface area contributed by atoms with E-state index in [9.17, 15) is 0 Å². The molecule has 8 aromatic carbocycles. The highest BCUT2D eigenvalue weighted by Gasteiger charge is 2.53. The van der Waals surface area contributed by atoms with Gasteiger partial charge in [-0.3, -0.25) is 0 Å². The van der Waals surface area contributed by atoms with Crippen molar-refractivity contribution < 1.29 is 0 Å². The quantitative estimate of drug-likeness (QED) is 0.167. The van der Waals surface area contributed by atoms with Crippen LogP contribution in [0.4, 0.5) is 17.1 Å². The van der Waals surface area contributed by atoms with Crippen LogP contribution in [0.3, 0.4) is 0 Å². The highest BCUT2D eigenvalue weighted by Crippen LogP contribution is 2.48. The summed E-state index contributed by atoms with van der Waals surface area (Å²) in [6, 6.07) is 65.2. The second kappa shape index (κ2) is 11.1. The average molecular weight is 717 g/mol. The average Bonchev–Trinajstić information content (AvgIpc) is 3.55. The summed E-state index contributed by atoms with van der Waals surface area (Å²) in [5.74, 6) is 0. The Morgan fingerprint density at radius 1 is 0.509 bits per heavy atom. The Hall–Kier alpha value is -6.36. The SMILES string of the molecule is Cc1cc(C)c(-c2cc3c4c(c2)N2c5ccccc5[Si](c5ccccc5)(c5ccccc5)c5cccc(c52)B4n2c4ccccc4c4cccc-3c42)c(C)c1. The van der Waals surface area contributed by atoms with Gasteiger partial charge in [0.05, 0.1) is 0 Å². The number of nitrogens with zero attached hydrogens (tertiary/aromatic N) is 2. The van der Waals surface area contributed by atoms with Crippen molar-refractivity contribution in [3.63, 3.8) is 0 Å². The van der Waals surface area contributed by atoms with Gasteiger partial charge in [-0.2, -0.15) is 0 Å². The molecule has 0 saturated carbocycles. The zero-order chi connectivity index (χ0) is 36.6. The first kappa shape index (κ1) is 31.0. The van der Waals surface area contributed by atoms with E-state index in [2.05, 4.69) is 200 Å². The molecule has 12 rings (SSSR count). The summed E-state index contributed by atoms with van der Waals surface area (Å²) in [5, 5.41) is 8.35. The standard InChI is InChI=1S/C51H37BN2Si/c1-32-28-33(2)48(34(3)29-32)35-30-41-40-22-14-21-39-38-20-10-11-24-43(38)54(50(39)40)52-42-23-15-27-47-51(42)53(45(31-35)49(41)52)44-25-12-13-26-46(44)55(47,36-16-6-4-7-17-36)37-18-8-5-9-19-37/h4-31H,1-3H3. The molecule has 0 unspecified atom stereocenters. The molecule has 3 aliphatic heterocycles. The molecule has 0 N–H and O–H groups in total. The topological polar surface area (TPSA) is 8.17 Å². The third kappa shape index (κ3) is 3.89. The van der Waals surface area contributed by atoms with Crippen molar-refractivity contribution in [2.24, 2.45) is 0 Å². The van der Waals surface area contributed by atoms with Crippen LogP contribution in [0, 0.1) is 20.8 Å². The normalized spacial score (nSPS) is 14.2. The highest BCUT2D eigenvalue weighted by atomic mass is 28.3. The molecule has 0 atom stereocenters. The number of anilines is 3. The van der Waals surface area contributed by atoms with Crippen LogP contribution in [0.25, 0.3) is 44.1 Å². The zero-order valence-electron chi connectivity index (χ0n) is 31.1. The summed E-state index contributed by atoms with van der Waals surface area (Å²) in [5.41, 5.74) is 18.5. The van der Waals surface area contributed by atoms with E-state index in [0.717, 1.165) is 0 Å². The number of rotatable bonds is 3. The number of aromatic nitrogens is 1. The smallest absolute Gasteiger partial charge is 0.333 e. The third-order valence-corrected chi connectivity index (χ3v) is 17.7. The van der Waals surface area contributed by atoms with Crippen LogP contribution in [0.5, 0.6) is 0 Å². The van der Waals surface area contributed by atoms with Crippen molar-refractivity contribution in [1.29, 1.82) is 0 Å². The fourth-order valence-electron chi connectivity index (χ4n) is 11.1. The lowest BCUT2D eigenvalue weighted by Crippen LogP contribution is -2.78. The van der Waals surface area contributed by atoms with Gasteiger partial charge in [-0.15, -0.1) is 0 Å². The largest absolute Gasteiger partial charge is 0.375 e. The number of aryl methyl sites for hydroxylation is 3. The number of benzene rings is 8. The molecule has 0 bridgehead atoms. The number of hydrogen-bond donors (Lipinski definition) is 0. The van der Waals surface area contributed by atoms with Gasteiger partial charge in [-0.1, -0.05) is 151 Å². The van der Waals surface area contributed by atoms with Crippen molar-refractivity contribution in [3.8, 4) is 22.3 Å². The molecule has 4 heteroatoms. The molecule has 258 valence electrons. The van der Waals surface area contributed by atoms with Gasteiger partial charge < -0.3 is 9.38 Å². The molecule has 1 aromatic heterocycles. The van der Waals surface area contributed by atoms with E-state index in [1.807, 2.05) is 0 Å². The lowest BCUT2D eigenvalue weighted by Gasteiger charge is -2.49. The molecule has 2 nitrogen and oxygen atoms in total. The Morgan fingerprint density at radius 2 is 1.15 bits per heavy atom. The predicted octanol–water partition coefficient (Wildman–Crippen LogP) is 8.50. The minimum Gasteiger partial charge on any atom is -0.375 e. The summed E-state index contributed by atoms with van der Waals surface area (Å²) in [4.78, 5) is 2.67. The van der Waals surface area contributed by atoms with Crippen LogP contribution in [-0.2, 0) is 0 Å². The molecule has 3 aliphatic rings. The van der Waals surface area contributed by atoms with Crippen LogP contribution < -0.4 is 36.6 Å². The minimum absolute atomic E-state index is 0.00581. The molecular formula is C51H37BN2Si. The Bertz CT molecular complexity index is 3030. The van der Waals surface area contributed by atoms with Crippen molar-refractivity contribution in [3.05, 3.63) is 187 Å². The summed E-state index contributed by atoms with van der Waals surface area (Å²) in [6.45, 7) is 6.78. The van der Waals surface area contributed by atoms with Gasteiger partial charge in [0.15, 0.2) is 8.07 Å². The first-order valence-electron chi connectivity index (χ1n) is 19.5. The Balaban J connectivity index is 1.29. The first-order chi connectivity index (χ1) is 27.1. The van der Waals surface area contributed by atoms with Gasteiger partial charge in [-0.25, -0.2) is 0 Å². The van der Waals surface area contributed by atoms with Crippen LogP contribution in [0.2, 0.25) is 0 Å². The van der Waals surface area contributed by atoms with Gasteiger partial charge in [0.2, 0.25) is 0 Å². The van der Waals surface area contributed by atoms with E-state index in [-0.39, 0.29) is 6.85 Å². The second-order valence-corrected chi connectivity index (χ2v) is 19.5. The van der Waals surface area contributed by atoms with Gasteiger partial charge in [0, 0.05) is 44.4 Å². The Kier molecular flexibility index (Phi) is 6.26. The van der Waals surface area contributed by atoms with Gasteiger partial charge in [0.1, 0.15) is 0 Å². The Labute approximate surface area is 323 Å². The van der Waals surface area contributed by atoms with Crippen molar-refractivity contribution in [2.45, 2.75) is 20.8 Å². The zero-order valence-corrected chi connectivity index (χ0v) is 32.1. The molecule has 0 amide bonds.